The molecule has 1 amide bonds. The third kappa shape index (κ3) is 4.94. The van der Waals surface area contributed by atoms with Gasteiger partial charge in [0.2, 0.25) is 0 Å². The lowest BCUT2D eigenvalue weighted by Gasteiger charge is -2.13. The zero-order valence-electron chi connectivity index (χ0n) is 16.7. The molecule has 0 radical (unpaired) electrons. The minimum absolute atomic E-state index is 0.114. The standard InChI is InChI=1S/C20H21F3N6O/c1-12-10-13(2)29(28-12)18-11-17(26-14(3)27-18)24-8-9-25-19(30)15-6-4-5-7-16(15)20(21,22)23/h4-7,10-11H,8-9H2,1-3H3,(H,25,30)(H,24,26,27). The van der Waals surface area contributed by atoms with Crippen molar-refractivity contribution in [3.63, 3.8) is 0 Å². The average Bonchev–Trinajstić information content (AvgIpc) is 3.02. The molecule has 0 saturated heterocycles. The molecule has 3 aromatic rings. The van der Waals surface area contributed by atoms with Gasteiger partial charge in [-0.15, -0.1) is 0 Å². The summed E-state index contributed by atoms with van der Waals surface area (Å²) in [4.78, 5) is 20.9. The van der Waals surface area contributed by atoms with Crippen molar-refractivity contribution in [2.45, 2.75) is 26.9 Å². The van der Waals surface area contributed by atoms with Crippen LogP contribution in [0.25, 0.3) is 5.82 Å². The first kappa shape index (κ1) is 21.3. The number of hydrogen-bond acceptors (Lipinski definition) is 5. The van der Waals surface area contributed by atoms with Gasteiger partial charge in [-0.3, -0.25) is 4.79 Å². The average molecular weight is 418 g/mol. The molecule has 0 fully saturated rings. The molecule has 0 atom stereocenters. The van der Waals surface area contributed by atoms with E-state index in [-0.39, 0.29) is 13.1 Å². The Balaban J connectivity index is 1.63. The molecule has 0 aliphatic heterocycles. The van der Waals surface area contributed by atoms with Gasteiger partial charge < -0.3 is 10.6 Å². The number of nitrogens with one attached hydrogen (secondary N) is 2. The Labute approximate surface area is 171 Å². The molecule has 0 aliphatic rings. The van der Waals surface area contributed by atoms with E-state index in [1.807, 2.05) is 19.9 Å². The maximum atomic E-state index is 13.1. The van der Waals surface area contributed by atoms with Crippen LogP contribution >= 0.6 is 0 Å². The predicted molar refractivity (Wildman–Crippen MR) is 106 cm³/mol. The highest BCUT2D eigenvalue weighted by atomic mass is 19.4. The lowest BCUT2D eigenvalue weighted by molar-refractivity contribution is -0.137. The van der Waals surface area contributed by atoms with E-state index in [0.29, 0.717) is 17.5 Å². The van der Waals surface area contributed by atoms with Crippen molar-refractivity contribution in [2.75, 3.05) is 18.4 Å². The van der Waals surface area contributed by atoms with Crippen molar-refractivity contribution in [2.24, 2.45) is 0 Å². The largest absolute Gasteiger partial charge is 0.417 e. The number of anilines is 1. The molecule has 1 aromatic carbocycles. The molecule has 3 rings (SSSR count). The fourth-order valence-electron chi connectivity index (χ4n) is 3.00. The van der Waals surface area contributed by atoms with Gasteiger partial charge in [-0.2, -0.15) is 18.3 Å². The molecule has 158 valence electrons. The molecule has 10 heteroatoms. The number of aromatic nitrogens is 4. The van der Waals surface area contributed by atoms with Crippen LogP contribution in [0.2, 0.25) is 0 Å². The van der Waals surface area contributed by atoms with Crippen molar-refractivity contribution in [3.05, 3.63) is 64.7 Å². The van der Waals surface area contributed by atoms with E-state index >= 15 is 0 Å². The van der Waals surface area contributed by atoms with Crippen LogP contribution in [-0.4, -0.2) is 38.7 Å². The van der Waals surface area contributed by atoms with Crippen molar-refractivity contribution < 1.29 is 18.0 Å². The van der Waals surface area contributed by atoms with Crippen molar-refractivity contribution in [1.82, 2.24) is 25.1 Å². The number of aryl methyl sites for hydroxylation is 3. The fraction of sp³-hybridized carbons (Fsp3) is 0.300. The van der Waals surface area contributed by atoms with E-state index in [1.165, 1.54) is 12.1 Å². The third-order valence-electron chi connectivity index (χ3n) is 4.24. The summed E-state index contributed by atoms with van der Waals surface area (Å²) in [5.74, 6) is 0.867. The van der Waals surface area contributed by atoms with Gasteiger partial charge in [-0.1, -0.05) is 12.1 Å². The zero-order valence-corrected chi connectivity index (χ0v) is 16.7. The Morgan fingerprint density at radius 2 is 1.80 bits per heavy atom. The number of hydrogen-bond donors (Lipinski definition) is 2. The molecule has 0 unspecified atom stereocenters. The van der Waals surface area contributed by atoms with E-state index in [1.54, 1.807) is 17.7 Å². The van der Waals surface area contributed by atoms with Gasteiger partial charge in [0.05, 0.1) is 16.8 Å². The molecular formula is C20H21F3N6O. The fourth-order valence-corrected chi connectivity index (χ4v) is 3.00. The molecule has 2 N–H and O–H groups in total. The van der Waals surface area contributed by atoms with Gasteiger partial charge in [0, 0.05) is 24.8 Å². The Morgan fingerprint density at radius 3 is 2.47 bits per heavy atom. The van der Waals surface area contributed by atoms with E-state index in [0.717, 1.165) is 23.5 Å². The number of alkyl halides is 3. The smallest absolute Gasteiger partial charge is 0.368 e. The van der Waals surface area contributed by atoms with Crippen molar-refractivity contribution in [1.29, 1.82) is 0 Å². The Morgan fingerprint density at radius 1 is 1.07 bits per heavy atom. The van der Waals surface area contributed by atoms with Gasteiger partial charge >= 0.3 is 6.18 Å². The second-order valence-electron chi connectivity index (χ2n) is 6.72. The van der Waals surface area contributed by atoms with Crippen LogP contribution < -0.4 is 10.6 Å². The summed E-state index contributed by atoms with van der Waals surface area (Å²) in [6.45, 7) is 5.93. The first-order valence-corrected chi connectivity index (χ1v) is 9.23. The van der Waals surface area contributed by atoms with Crippen LogP contribution in [0.5, 0.6) is 0 Å². The quantitative estimate of drug-likeness (QED) is 0.599. The van der Waals surface area contributed by atoms with Crippen LogP contribution in [0.15, 0.2) is 36.4 Å². The van der Waals surface area contributed by atoms with E-state index in [9.17, 15) is 18.0 Å². The summed E-state index contributed by atoms with van der Waals surface area (Å²) in [5.41, 5.74) is 0.415. The molecule has 0 spiro atoms. The van der Waals surface area contributed by atoms with Crippen LogP contribution in [0.4, 0.5) is 19.0 Å². The second-order valence-corrected chi connectivity index (χ2v) is 6.72. The van der Waals surface area contributed by atoms with Gasteiger partial charge in [0.1, 0.15) is 11.6 Å². The number of amides is 1. The van der Waals surface area contributed by atoms with Crippen LogP contribution in [0, 0.1) is 20.8 Å². The van der Waals surface area contributed by atoms with Crippen LogP contribution in [0.3, 0.4) is 0 Å². The second kappa shape index (κ2) is 8.52. The summed E-state index contributed by atoms with van der Waals surface area (Å²) in [5, 5.41) is 9.93. The number of nitrogens with zero attached hydrogens (tertiary/aromatic N) is 4. The molecule has 30 heavy (non-hydrogen) atoms. The first-order chi connectivity index (χ1) is 14.1. The maximum Gasteiger partial charge on any atom is 0.417 e. The van der Waals surface area contributed by atoms with E-state index in [4.69, 9.17) is 0 Å². The van der Waals surface area contributed by atoms with E-state index in [2.05, 4.69) is 25.7 Å². The lowest BCUT2D eigenvalue weighted by atomic mass is 10.1. The minimum Gasteiger partial charge on any atom is -0.368 e. The molecule has 0 aliphatic carbocycles. The molecule has 2 aromatic heterocycles. The number of halogens is 3. The SMILES string of the molecule is Cc1cc(C)n(-c2cc(NCCNC(=O)c3ccccc3C(F)(F)F)nc(C)n2)n1. The monoisotopic (exact) mass is 418 g/mol. The number of benzene rings is 1. The highest BCUT2D eigenvalue weighted by Crippen LogP contribution is 2.31. The summed E-state index contributed by atoms with van der Waals surface area (Å²) in [6.07, 6.45) is -4.59. The molecular weight excluding hydrogens is 397 g/mol. The topological polar surface area (TPSA) is 84.7 Å². The number of carbonyl (C=O) groups is 1. The van der Waals surface area contributed by atoms with E-state index < -0.39 is 23.2 Å². The van der Waals surface area contributed by atoms with Gasteiger partial charge in [-0.25, -0.2) is 14.6 Å². The zero-order chi connectivity index (χ0) is 21.9. The normalized spacial score (nSPS) is 11.4. The molecule has 2 heterocycles. The summed E-state index contributed by atoms with van der Waals surface area (Å²) in [6, 6.07) is 8.33. The third-order valence-corrected chi connectivity index (χ3v) is 4.24. The Hall–Kier alpha value is -3.43. The molecule has 0 bridgehead atoms. The predicted octanol–water partition coefficient (Wildman–Crippen LogP) is 3.45. The minimum atomic E-state index is -4.59. The highest BCUT2D eigenvalue weighted by Gasteiger charge is 2.34. The summed E-state index contributed by atoms with van der Waals surface area (Å²) >= 11 is 0. The molecule has 0 saturated carbocycles. The summed E-state index contributed by atoms with van der Waals surface area (Å²) < 4.78 is 40.9. The van der Waals surface area contributed by atoms with Gasteiger partial charge in [-0.05, 0) is 39.0 Å². The van der Waals surface area contributed by atoms with Crippen LogP contribution in [0.1, 0.15) is 33.1 Å². The van der Waals surface area contributed by atoms with Crippen molar-refractivity contribution in [3.8, 4) is 5.82 Å². The first-order valence-electron chi connectivity index (χ1n) is 9.23. The van der Waals surface area contributed by atoms with Crippen molar-refractivity contribution >= 4 is 11.7 Å². The summed E-state index contributed by atoms with van der Waals surface area (Å²) in [7, 11) is 0. The van der Waals surface area contributed by atoms with Crippen LogP contribution in [-0.2, 0) is 6.18 Å². The lowest BCUT2D eigenvalue weighted by Crippen LogP contribution is -2.30. The molecule has 7 nitrogen and oxygen atoms in total. The maximum absolute atomic E-state index is 13.1. The Kier molecular flexibility index (Phi) is 6.04. The van der Waals surface area contributed by atoms with Gasteiger partial charge in [0.25, 0.3) is 5.91 Å². The Bertz CT molecular complexity index is 1060. The number of carbonyl (C=O) groups excluding carboxylic acids is 1. The highest BCUT2D eigenvalue weighted by molar-refractivity contribution is 5.95. The number of rotatable bonds is 6. The van der Waals surface area contributed by atoms with Gasteiger partial charge in [0.15, 0.2) is 5.82 Å².